The van der Waals surface area contributed by atoms with Gasteiger partial charge < -0.3 is 14.8 Å². The van der Waals surface area contributed by atoms with E-state index in [2.05, 4.69) is 5.32 Å². The third kappa shape index (κ3) is 5.06. The Morgan fingerprint density at radius 2 is 1.92 bits per heavy atom. The van der Waals surface area contributed by atoms with Gasteiger partial charge in [0, 0.05) is 13.2 Å². The van der Waals surface area contributed by atoms with E-state index in [-0.39, 0.29) is 12.3 Å². The van der Waals surface area contributed by atoms with Crippen molar-refractivity contribution in [1.82, 2.24) is 0 Å². The number of anilines is 1. The molecule has 2 aromatic carbocycles. The molecule has 0 heterocycles. The first-order valence-corrected chi connectivity index (χ1v) is 7.77. The molecule has 0 unspecified atom stereocenters. The largest absolute Gasteiger partial charge is 0.489 e. The van der Waals surface area contributed by atoms with E-state index in [1.54, 1.807) is 7.11 Å². The number of rotatable bonds is 7. The van der Waals surface area contributed by atoms with Crippen LogP contribution in [0.25, 0.3) is 0 Å². The number of methoxy groups -OCH3 is 1. The van der Waals surface area contributed by atoms with Gasteiger partial charge in [-0.1, -0.05) is 23.8 Å². The van der Waals surface area contributed by atoms with Crippen molar-refractivity contribution < 1.29 is 18.7 Å². The average Bonchev–Trinajstić information content (AvgIpc) is 2.53. The van der Waals surface area contributed by atoms with Gasteiger partial charge in [0.1, 0.15) is 18.2 Å². The Labute approximate surface area is 141 Å². The first-order valence-electron chi connectivity index (χ1n) is 7.77. The molecule has 0 atom stereocenters. The molecule has 0 saturated heterocycles. The van der Waals surface area contributed by atoms with E-state index in [1.165, 1.54) is 18.2 Å². The highest BCUT2D eigenvalue weighted by molar-refractivity contribution is 5.93. The summed E-state index contributed by atoms with van der Waals surface area (Å²) < 4.78 is 23.9. The lowest BCUT2D eigenvalue weighted by atomic mass is 10.0. The van der Waals surface area contributed by atoms with Crippen molar-refractivity contribution in [3.05, 3.63) is 58.9 Å². The van der Waals surface area contributed by atoms with E-state index >= 15 is 0 Å². The number of benzene rings is 2. The zero-order valence-corrected chi connectivity index (χ0v) is 14.2. The number of carbonyl (C=O) groups is 1. The molecule has 0 aliphatic heterocycles. The fourth-order valence-corrected chi connectivity index (χ4v) is 2.32. The molecule has 24 heavy (non-hydrogen) atoms. The smallest absolute Gasteiger partial charge is 0.228 e. The number of ether oxygens (including phenoxy) is 2. The fourth-order valence-electron chi connectivity index (χ4n) is 2.32. The summed E-state index contributed by atoms with van der Waals surface area (Å²) in [5.74, 6) is -0.232. The number of halogens is 1. The molecular weight excluding hydrogens is 309 g/mol. The van der Waals surface area contributed by atoms with Gasteiger partial charge >= 0.3 is 0 Å². The van der Waals surface area contributed by atoms with Crippen LogP contribution in [0.5, 0.6) is 5.75 Å². The Morgan fingerprint density at radius 1 is 1.12 bits per heavy atom. The normalized spacial score (nSPS) is 10.5. The van der Waals surface area contributed by atoms with Crippen LogP contribution in [0.4, 0.5) is 10.1 Å². The average molecular weight is 331 g/mol. The van der Waals surface area contributed by atoms with Crippen molar-refractivity contribution in [2.45, 2.75) is 20.3 Å². The SMILES string of the molecule is COCCOc1ccc(F)cc1NC(=O)Cc1cc(C)ccc1C. The molecule has 0 radical (unpaired) electrons. The van der Waals surface area contributed by atoms with Gasteiger partial charge in [0.25, 0.3) is 0 Å². The minimum Gasteiger partial charge on any atom is -0.489 e. The number of amides is 1. The lowest BCUT2D eigenvalue weighted by Gasteiger charge is -2.13. The fraction of sp³-hybridized carbons (Fsp3) is 0.316. The molecule has 1 N–H and O–H groups in total. The van der Waals surface area contributed by atoms with Crippen LogP contribution in [0, 0.1) is 19.7 Å². The first kappa shape index (κ1) is 17.9. The van der Waals surface area contributed by atoms with Crippen LogP contribution in [-0.2, 0) is 16.0 Å². The van der Waals surface area contributed by atoms with Crippen molar-refractivity contribution >= 4 is 11.6 Å². The van der Waals surface area contributed by atoms with Crippen molar-refractivity contribution in [3.63, 3.8) is 0 Å². The van der Waals surface area contributed by atoms with Gasteiger partial charge in [-0.05, 0) is 37.1 Å². The quantitative estimate of drug-likeness (QED) is 0.788. The van der Waals surface area contributed by atoms with E-state index in [4.69, 9.17) is 9.47 Å². The number of carbonyl (C=O) groups excluding carboxylic acids is 1. The summed E-state index contributed by atoms with van der Waals surface area (Å²) in [5.41, 5.74) is 3.41. The van der Waals surface area contributed by atoms with Crippen LogP contribution in [0.2, 0.25) is 0 Å². The predicted molar refractivity (Wildman–Crippen MR) is 92.0 cm³/mol. The van der Waals surface area contributed by atoms with Gasteiger partial charge in [0.05, 0.1) is 18.7 Å². The maximum absolute atomic E-state index is 13.5. The van der Waals surface area contributed by atoms with Crippen molar-refractivity contribution in [2.75, 3.05) is 25.6 Å². The molecule has 2 aromatic rings. The number of hydrogen-bond acceptors (Lipinski definition) is 3. The summed E-state index contributed by atoms with van der Waals surface area (Å²) in [6.07, 6.45) is 0.224. The van der Waals surface area contributed by atoms with Gasteiger partial charge in [0.15, 0.2) is 0 Å². The Morgan fingerprint density at radius 3 is 2.67 bits per heavy atom. The summed E-state index contributed by atoms with van der Waals surface area (Å²) in [6.45, 7) is 4.67. The summed E-state index contributed by atoms with van der Waals surface area (Å²) in [6, 6.07) is 10.0. The molecule has 0 saturated carbocycles. The van der Waals surface area contributed by atoms with E-state index < -0.39 is 5.82 Å². The molecule has 4 nitrogen and oxygen atoms in total. The second-order valence-electron chi connectivity index (χ2n) is 5.64. The zero-order chi connectivity index (χ0) is 17.5. The Bertz CT molecular complexity index is 716. The van der Waals surface area contributed by atoms with Gasteiger partial charge in [-0.3, -0.25) is 4.79 Å². The second-order valence-corrected chi connectivity index (χ2v) is 5.64. The predicted octanol–water partition coefficient (Wildman–Crippen LogP) is 3.65. The molecule has 0 bridgehead atoms. The summed E-state index contributed by atoms with van der Waals surface area (Å²) in [7, 11) is 1.57. The van der Waals surface area contributed by atoms with Crippen molar-refractivity contribution in [2.24, 2.45) is 0 Å². The van der Waals surface area contributed by atoms with Gasteiger partial charge in [-0.15, -0.1) is 0 Å². The first-order chi connectivity index (χ1) is 11.5. The lowest BCUT2D eigenvalue weighted by Crippen LogP contribution is -2.16. The van der Waals surface area contributed by atoms with E-state index in [1.807, 2.05) is 32.0 Å². The lowest BCUT2D eigenvalue weighted by molar-refractivity contribution is -0.115. The summed E-state index contributed by atoms with van der Waals surface area (Å²) >= 11 is 0. The molecule has 128 valence electrons. The summed E-state index contributed by atoms with van der Waals surface area (Å²) in [4.78, 5) is 12.3. The monoisotopic (exact) mass is 331 g/mol. The molecule has 0 spiro atoms. The highest BCUT2D eigenvalue weighted by Gasteiger charge is 2.11. The zero-order valence-electron chi connectivity index (χ0n) is 14.2. The Hall–Kier alpha value is -2.40. The van der Waals surface area contributed by atoms with Crippen LogP contribution in [0.3, 0.4) is 0 Å². The van der Waals surface area contributed by atoms with Gasteiger partial charge in [0.2, 0.25) is 5.91 Å². The van der Waals surface area contributed by atoms with Gasteiger partial charge in [-0.25, -0.2) is 4.39 Å². The molecule has 5 heteroatoms. The molecule has 2 rings (SSSR count). The number of nitrogens with one attached hydrogen (secondary N) is 1. The molecule has 1 amide bonds. The number of hydrogen-bond donors (Lipinski definition) is 1. The highest BCUT2D eigenvalue weighted by Crippen LogP contribution is 2.25. The molecule has 0 fully saturated rings. The molecule has 0 aromatic heterocycles. The Balaban J connectivity index is 2.10. The van der Waals surface area contributed by atoms with E-state index in [0.717, 1.165) is 16.7 Å². The number of aryl methyl sites for hydroxylation is 2. The minimum atomic E-state index is -0.434. The highest BCUT2D eigenvalue weighted by atomic mass is 19.1. The van der Waals surface area contributed by atoms with E-state index in [9.17, 15) is 9.18 Å². The van der Waals surface area contributed by atoms with Crippen molar-refractivity contribution in [3.8, 4) is 5.75 Å². The van der Waals surface area contributed by atoms with Crippen molar-refractivity contribution in [1.29, 1.82) is 0 Å². The standard InChI is InChI=1S/C19H22FNO3/c1-13-4-5-14(2)15(10-13)11-19(22)21-17-12-16(20)6-7-18(17)24-9-8-23-3/h4-7,10,12H,8-9,11H2,1-3H3,(H,21,22). The summed E-state index contributed by atoms with van der Waals surface area (Å²) in [5, 5.41) is 2.73. The van der Waals surface area contributed by atoms with Crippen LogP contribution < -0.4 is 10.1 Å². The topological polar surface area (TPSA) is 47.6 Å². The second kappa shape index (κ2) is 8.45. The molecular formula is C19H22FNO3. The maximum Gasteiger partial charge on any atom is 0.228 e. The Kier molecular flexibility index (Phi) is 6.32. The van der Waals surface area contributed by atoms with Crippen LogP contribution in [0.15, 0.2) is 36.4 Å². The third-order valence-electron chi connectivity index (χ3n) is 3.62. The van der Waals surface area contributed by atoms with Crippen LogP contribution in [-0.4, -0.2) is 26.2 Å². The maximum atomic E-state index is 13.5. The molecule has 0 aliphatic carbocycles. The third-order valence-corrected chi connectivity index (χ3v) is 3.62. The minimum absolute atomic E-state index is 0.217. The van der Waals surface area contributed by atoms with Gasteiger partial charge in [-0.2, -0.15) is 0 Å². The van der Waals surface area contributed by atoms with Crippen LogP contribution >= 0.6 is 0 Å². The van der Waals surface area contributed by atoms with E-state index in [0.29, 0.717) is 24.7 Å². The van der Waals surface area contributed by atoms with Crippen LogP contribution in [0.1, 0.15) is 16.7 Å². The molecule has 0 aliphatic rings.